The van der Waals surface area contributed by atoms with Gasteiger partial charge in [-0.25, -0.2) is 0 Å². The van der Waals surface area contributed by atoms with Crippen LogP contribution >= 0.6 is 0 Å². The van der Waals surface area contributed by atoms with Gasteiger partial charge in [-0.05, 0) is 42.2 Å². The molecule has 1 heterocycles. The summed E-state index contributed by atoms with van der Waals surface area (Å²) in [5.74, 6) is 0.422. The van der Waals surface area contributed by atoms with E-state index in [9.17, 15) is 13.2 Å². The van der Waals surface area contributed by atoms with Crippen molar-refractivity contribution in [3.8, 4) is 5.88 Å². The first-order valence-corrected chi connectivity index (χ1v) is 8.66. The second-order valence-electron chi connectivity index (χ2n) is 6.69. The van der Waals surface area contributed by atoms with Crippen LogP contribution in [0, 0.1) is 0 Å². The molecule has 0 aliphatic heterocycles. The first-order chi connectivity index (χ1) is 13.0. The summed E-state index contributed by atoms with van der Waals surface area (Å²) < 4.78 is 43.9. The standard InChI is InChI=1S/C21H17F3N2O/c22-21(23,24)17-8-6-16(7-9-17)20(12-13-20)18-10-11-19(26-25-18)27-14-15-4-2-1-3-5-15/h1-11H,12-14H2. The Morgan fingerprint density at radius 1 is 0.852 bits per heavy atom. The topological polar surface area (TPSA) is 35.0 Å². The Morgan fingerprint density at radius 2 is 1.56 bits per heavy atom. The van der Waals surface area contributed by atoms with Gasteiger partial charge in [-0.3, -0.25) is 0 Å². The van der Waals surface area contributed by atoms with Gasteiger partial charge >= 0.3 is 6.18 Å². The van der Waals surface area contributed by atoms with Crippen LogP contribution in [-0.2, 0) is 18.2 Å². The summed E-state index contributed by atoms with van der Waals surface area (Å²) in [6, 6.07) is 18.7. The van der Waals surface area contributed by atoms with Crippen LogP contribution in [0.4, 0.5) is 13.2 Å². The molecule has 0 spiro atoms. The highest BCUT2D eigenvalue weighted by Crippen LogP contribution is 2.53. The molecule has 0 amide bonds. The van der Waals surface area contributed by atoms with Gasteiger partial charge < -0.3 is 4.74 Å². The molecule has 27 heavy (non-hydrogen) atoms. The largest absolute Gasteiger partial charge is 0.472 e. The van der Waals surface area contributed by atoms with Gasteiger partial charge in [0.25, 0.3) is 0 Å². The van der Waals surface area contributed by atoms with Crippen LogP contribution in [-0.4, -0.2) is 10.2 Å². The van der Waals surface area contributed by atoms with Crippen LogP contribution in [0.3, 0.4) is 0 Å². The van der Waals surface area contributed by atoms with E-state index < -0.39 is 11.7 Å². The number of hydrogen-bond donors (Lipinski definition) is 0. The van der Waals surface area contributed by atoms with Crippen molar-refractivity contribution in [2.45, 2.75) is 31.0 Å². The number of ether oxygens (including phenoxy) is 1. The lowest BCUT2D eigenvalue weighted by Crippen LogP contribution is -2.13. The quantitative estimate of drug-likeness (QED) is 0.623. The second-order valence-corrected chi connectivity index (χ2v) is 6.69. The van der Waals surface area contributed by atoms with Gasteiger partial charge in [0.1, 0.15) is 6.61 Å². The molecule has 6 heteroatoms. The Balaban J connectivity index is 1.48. The molecule has 2 aromatic carbocycles. The molecular formula is C21H17F3N2O. The van der Waals surface area contributed by atoms with Gasteiger partial charge in [0, 0.05) is 11.5 Å². The van der Waals surface area contributed by atoms with Gasteiger partial charge in [-0.1, -0.05) is 42.5 Å². The highest BCUT2D eigenvalue weighted by Gasteiger charge is 2.47. The maximum atomic E-state index is 12.8. The maximum absolute atomic E-state index is 12.8. The van der Waals surface area contributed by atoms with Gasteiger partial charge in [0.15, 0.2) is 0 Å². The van der Waals surface area contributed by atoms with Crippen LogP contribution in [0.1, 0.15) is 35.2 Å². The number of benzene rings is 2. The lowest BCUT2D eigenvalue weighted by molar-refractivity contribution is -0.137. The van der Waals surface area contributed by atoms with Crippen LogP contribution in [0.25, 0.3) is 0 Å². The molecule has 0 saturated heterocycles. The third-order valence-corrected chi connectivity index (χ3v) is 4.87. The predicted octanol–water partition coefficient (Wildman–Crippen LogP) is 5.15. The molecule has 3 aromatic rings. The smallest absolute Gasteiger partial charge is 0.416 e. The third-order valence-electron chi connectivity index (χ3n) is 4.87. The summed E-state index contributed by atoms with van der Waals surface area (Å²) in [6.45, 7) is 0.402. The molecule has 4 rings (SSSR count). The van der Waals surface area contributed by atoms with Crippen molar-refractivity contribution in [3.05, 3.63) is 89.1 Å². The monoisotopic (exact) mass is 370 g/mol. The number of alkyl halides is 3. The van der Waals surface area contributed by atoms with Crippen LogP contribution < -0.4 is 4.74 Å². The molecule has 0 N–H and O–H groups in total. The van der Waals surface area contributed by atoms with Gasteiger partial charge in [0.05, 0.1) is 11.3 Å². The maximum Gasteiger partial charge on any atom is 0.416 e. The van der Waals surface area contributed by atoms with Crippen molar-refractivity contribution >= 4 is 0 Å². The lowest BCUT2D eigenvalue weighted by Gasteiger charge is -2.16. The van der Waals surface area contributed by atoms with Crippen molar-refractivity contribution < 1.29 is 17.9 Å². The van der Waals surface area contributed by atoms with Crippen molar-refractivity contribution in [2.24, 2.45) is 0 Å². The average molecular weight is 370 g/mol. The highest BCUT2D eigenvalue weighted by molar-refractivity contribution is 5.43. The molecule has 0 radical (unpaired) electrons. The number of rotatable bonds is 5. The molecule has 0 unspecified atom stereocenters. The van der Waals surface area contributed by atoms with E-state index in [-0.39, 0.29) is 5.41 Å². The van der Waals surface area contributed by atoms with Crippen molar-refractivity contribution in [3.63, 3.8) is 0 Å². The lowest BCUT2D eigenvalue weighted by atomic mass is 9.91. The Morgan fingerprint density at radius 3 is 2.11 bits per heavy atom. The van der Waals surface area contributed by atoms with Gasteiger partial charge in [-0.2, -0.15) is 18.3 Å². The van der Waals surface area contributed by atoms with E-state index in [1.54, 1.807) is 6.07 Å². The first kappa shape index (κ1) is 17.5. The van der Waals surface area contributed by atoms with Crippen LogP contribution in [0.5, 0.6) is 5.88 Å². The zero-order valence-corrected chi connectivity index (χ0v) is 14.4. The highest BCUT2D eigenvalue weighted by atomic mass is 19.4. The molecule has 1 fully saturated rings. The van der Waals surface area contributed by atoms with E-state index >= 15 is 0 Å². The van der Waals surface area contributed by atoms with E-state index in [0.29, 0.717) is 12.5 Å². The van der Waals surface area contributed by atoms with Crippen LogP contribution in [0.15, 0.2) is 66.7 Å². The Kier molecular flexibility index (Phi) is 4.34. The number of nitrogens with zero attached hydrogens (tertiary/aromatic N) is 2. The van der Waals surface area contributed by atoms with E-state index in [1.807, 2.05) is 36.4 Å². The fourth-order valence-electron chi connectivity index (χ4n) is 3.18. The molecule has 0 bridgehead atoms. The number of aromatic nitrogens is 2. The molecule has 1 aliphatic carbocycles. The molecule has 3 nitrogen and oxygen atoms in total. The number of hydrogen-bond acceptors (Lipinski definition) is 3. The summed E-state index contributed by atoms with van der Waals surface area (Å²) in [5, 5.41) is 8.41. The fourth-order valence-corrected chi connectivity index (χ4v) is 3.18. The number of halogens is 3. The second kappa shape index (κ2) is 6.68. The van der Waals surface area contributed by atoms with Gasteiger partial charge in [0.2, 0.25) is 5.88 Å². The summed E-state index contributed by atoms with van der Waals surface area (Å²) in [6.07, 6.45) is -2.64. The Bertz CT molecular complexity index is 903. The zero-order valence-electron chi connectivity index (χ0n) is 14.4. The minimum Gasteiger partial charge on any atom is -0.472 e. The molecule has 0 atom stereocenters. The van der Waals surface area contributed by atoms with E-state index in [4.69, 9.17) is 4.74 Å². The molecule has 1 aromatic heterocycles. The molecule has 138 valence electrons. The predicted molar refractivity (Wildman–Crippen MR) is 94.3 cm³/mol. The SMILES string of the molecule is FC(F)(F)c1ccc(C2(c3ccc(OCc4ccccc4)nn3)CC2)cc1. The van der Waals surface area contributed by atoms with Crippen molar-refractivity contribution in [1.82, 2.24) is 10.2 Å². The normalized spacial score (nSPS) is 15.4. The Hall–Kier alpha value is -2.89. The molecule has 1 saturated carbocycles. The summed E-state index contributed by atoms with van der Waals surface area (Å²) in [4.78, 5) is 0. The van der Waals surface area contributed by atoms with E-state index in [1.165, 1.54) is 12.1 Å². The van der Waals surface area contributed by atoms with E-state index in [0.717, 1.165) is 41.8 Å². The third kappa shape index (κ3) is 3.65. The summed E-state index contributed by atoms with van der Waals surface area (Å²) in [5.41, 5.74) is 1.65. The molecule has 1 aliphatic rings. The zero-order chi connectivity index (χ0) is 18.9. The van der Waals surface area contributed by atoms with Crippen molar-refractivity contribution in [1.29, 1.82) is 0 Å². The fraction of sp³-hybridized carbons (Fsp3) is 0.238. The van der Waals surface area contributed by atoms with E-state index in [2.05, 4.69) is 10.2 Å². The Labute approximate surface area is 154 Å². The van der Waals surface area contributed by atoms with Crippen molar-refractivity contribution in [2.75, 3.05) is 0 Å². The minimum atomic E-state index is -4.33. The minimum absolute atomic E-state index is 0.338. The average Bonchev–Trinajstić information content (AvgIpc) is 3.49. The van der Waals surface area contributed by atoms with Gasteiger partial charge in [-0.15, -0.1) is 5.10 Å². The summed E-state index contributed by atoms with van der Waals surface area (Å²) >= 11 is 0. The summed E-state index contributed by atoms with van der Waals surface area (Å²) in [7, 11) is 0. The first-order valence-electron chi connectivity index (χ1n) is 8.66. The molecular weight excluding hydrogens is 353 g/mol. The van der Waals surface area contributed by atoms with Crippen LogP contribution in [0.2, 0.25) is 0 Å².